The average Bonchev–Trinajstić information content (AvgIpc) is 3.46. The van der Waals surface area contributed by atoms with Crippen LogP contribution < -0.4 is 5.32 Å². The van der Waals surface area contributed by atoms with Crippen molar-refractivity contribution in [1.82, 2.24) is 14.5 Å². The van der Waals surface area contributed by atoms with Crippen LogP contribution in [0.25, 0.3) is 43.6 Å². The highest BCUT2D eigenvalue weighted by atomic mass is 16.6. The molecule has 0 saturated carbocycles. The zero-order valence-corrected chi connectivity index (χ0v) is 17.6. The van der Waals surface area contributed by atoms with E-state index in [1.165, 1.54) is 0 Å². The summed E-state index contributed by atoms with van der Waals surface area (Å²) in [6, 6.07) is 16.9. The number of carbonyl (C=O) groups excluding carboxylic acids is 1. The highest BCUT2D eigenvalue weighted by molar-refractivity contribution is 6.30. The maximum absolute atomic E-state index is 13.2. The minimum absolute atomic E-state index is 0.0181. The van der Waals surface area contributed by atoms with Crippen LogP contribution in [0.2, 0.25) is 0 Å². The van der Waals surface area contributed by atoms with Crippen LogP contribution in [0.4, 0.5) is 0 Å². The standard InChI is InChI=1S/C26H21N3O3/c1-31-18-10-11-19-28-16-8-4-3-7-14(16)21-22-15(12-27-25(22)30)20-13-6-2-5-9-17(13)29(26(18)32-19)23(20)24(21)28/h2-9,18-19,26H,10-12H2,1H3,(H,27,30)/t18-,19?,26?/m1/s1. The van der Waals surface area contributed by atoms with Gasteiger partial charge in [0.2, 0.25) is 0 Å². The summed E-state index contributed by atoms with van der Waals surface area (Å²) in [7, 11) is 1.78. The van der Waals surface area contributed by atoms with Gasteiger partial charge in [0.15, 0.2) is 6.23 Å². The van der Waals surface area contributed by atoms with Crippen molar-refractivity contribution in [2.24, 2.45) is 0 Å². The second-order valence-corrected chi connectivity index (χ2v) is 9.09. The second-order valence-electron chi connectivity index (χ2n) is 9.09. The lowest BCUT2D eigenvalue weighted by atomic mass is 9.97. The molecule has 32 heavy (non-hydrogen) atoms. The van der Waals surface area contributed by atoms with Gasteiger partial charge in [-0.15, -0.1) is 0 Å². The van der Waals surface area contributed by atoms with Gasteiger partial charge in [-0.1, -0.05) is 36.4 Å². The number of benzene rings is 3. The number of carbonyl (C=O) groups is 1. The topological polar surface area (TPSA) is 57.4 Å². The van der Waals surface area contributed by atoms with Crippen LogP contribution in [0.1, 0.15) is 41.2 Å². The second kappa shape index (κ2) is 5.71. The molecule has 0 spiro atoms. The Morgan fingerprint density at radius 3 is 2.41 bits per heavy atom. The van der Waals surface area contributed by atoms with Gasteiger partial charge in [0.1, 0.15) is 12.3 Å². The number of nitrogens with one attached hydrogen (secondary N) is 1. The number of hydrogen-bond donors (Lipinski definition) is 1. The highest BCUT2D eigenvalue weighted by Crippen LogP contribution is 2.51. The van der Waals surface area contributed by atoms with Gasteiger partial charge >= 0.3 is 0 Å². The number of ether oxygens (including phenoxy) is 2. The first-order chi connectivity index (χ1) is 15.8. The van der Waals surface area contributed by atoms with Crippen LogP contribution in [0.3, 0.4) is 0 Å². The molecular formula is C26H21N3O3. The lowest BCUT2D eigenvalue weighted by Gasteiger charge is -2.36. The quantitative estimate of drug-likeness (QED) is 0.414. The number of nitrogens with zero attached hydrogens (tertiary/aromatic N) is 2. The molecule has 6 nitrogen and oxygen atoms in total. The molecule has 1 fully saturated rings. The highest BCUT2D eigenvalue weighted by Gasteiger charge is 2.42. The molecule has 0 radical (unpaired) electrons. The number of amides is 1. The van der Waals surface area contributed by atoms with E-state index in [4.69, 9.17) is 9.47 Å². The molecule has 158 valence electrons. The summed E-state index contributed by atoms with van der Waals surface area (Å²) in [6.07, 6.45) is 1.45. The first kappa shape index (κ1) is 17.2. The Bertz CT molecular complexity index is 1640. The van der Waals surface area contributed by atoms with Crippen LogP contribution in [-0.4, -0.2) is 28.3 Å². The monoisotopic (exact) mass is 423 g/mol. The van der Waals surface area contributed by atoms with Crippen molar-refractivity contribution < 1.29 is 14.3 Å². The first-order valence-corrected chi connectivity index (χ1v) is 11.2. The van der Waals surface area contributed by atoms with Gasteiger partial charge in [-0.3, -0.25) is 4.79 Å². The van der Waals surface area contributed by atoms with Crippen molar-refractivity contribution in [3.8, 4) is 0 Å². The smallest absolute Gasteiger partial charge is 0.252 e. The van der Waals surface area contributed by atoms with Crippen molar-refractivity contribution in [2.45, 2.75) is 37.9 Å². The van der Waals surface area contributed by atoms with Crippen LogP contribution in [-0.2, 0) is 16.0 Å². The van der Waals surface area contributed by atoms with Crippen molar-refractivity contribution in [3.05, 3.63) is 59.7 Å². The summed E-state index contributed by atoms with van der Waals surface area (Å²) in [4.78, 5) is 13.2. The number of rotatable bonds is 1. The Labute approximate surface area is 183 Å². The third kappa shape index (κ3) is 1.80. The molecule has 2 unspecified atom stereocenters. The van der Waals surface area contributed by atoms with Crippen molar-refractivity contribution in [3.63, 3.8) is 0 Å². The van der Waals surface area contributed by atoms with Crippen LogP contribution >= 0.6 is 0 Å². The zero-order valence-electron chi connectivity index (χ0n) is 17.6. The van der Waals surface area contributed by atoms with Crippen molar-refractivity contribution in [1.29, 1.82) is 0 Å². The zero-order chi connectivity index (χ0) is 21.1. The number of fused-ring (bicyclic) bond motifs is 13. The fourth-order valence-corrected chi connectivity index (χ4v) is 6.49. The van der Waals surface area contributed by atoms with E-state index in [0.717, 1.165) is 67.6 Å². The predicted molar refractivity (Wildman–Crippen MR) is 123 cm³/mol. The molecule has 6 heteroatoms. The minimum atomic E-state index is -0.217. The van der Waals surface area contributed by atoms with Crippen molar-refractivity contribution in [2.75, 3.05) is 7.11 Å². The van der Waals surface area contributed by atoms with Gasteiger partial charge < -0.3 is 23.9 Å². The predicted octanol–water partition coefficient (Wildman–Crippen LogP) is 4.98. The third-order valence-electron chi connectivity index (χ3n) is 7.71. The van der Waals surface area contributed by atoms with E-state index in [-0.39, 0.29) is 24.5 Å². The Balaban J connectivity index is 1.74. The molecule has 5 aromatic rings. The molecule has 1 amide bonds. The summed E-state index contributed by atoms with van der Waals surface area (Å²) in [5, 5.41) is 7.60. The number of hydrogen-bond acceptors (Lipinski definition) is 3. The van der Waals surface area contributed by atoms with E-state index in [0.29, 0.717) is 6.54 Å². The Morgan fingerprint density at radius 2 is 1.62 bits per heavy atom. The summed E-state index contributed by atoms with van der Waals surface area (Å²) < 4.78 is 17.4. The summed E-state index contributed by atoms with van der Waals surface area (Å²) in [6.45, 7) is 0.552. The van der Waals surface area contributed by atoms with Gasteiger partial charge in [0.05, 0.1) is 27.6 Å². The summed E-state index contributed by atoms with van der Waals surface area (Å²) in [5.74, 6) is 0.0181. The molecular weight excluding hydrogens is 402 g/mol. The molecule has 3 atom stereocenters. The lowest BCUT2D eigenvalue weighted by Crippen LogP contribution is -2.34. The fourth-order valence-electron chi connectivity index (χ4n) is 6.49. The Morgan fingerprint density at radius 1 is 0.938 bits per heavy atom. The Hall–Kier alpha value is -3.35. The summed E-state index contributed by atoms with van der Waals surface area (Å²) in [5.41, 5.74) is 6.44. The van der Waals surface area contributed by atoms with E-state index in [1.54, 1.807) is 7.11 Å². The molecule has 3 aromatic carbocycles. The maximum Gasteiger partial charge on any atom is 0.252 e. The third-order valence-corrected chi connectivity index (χ3v) is 7.71. The van der Waals surface area contributed by atoms with E-state index >= 15 is 0 Å². The number of methoxy groups -OCH3 is 1. The molecule has 3 aliphatic heterocycles. The fraction of sp³-hybridized carbons (Fsp3) is 0.269. The number of para-hydroxylation sites is 2. The van der Waals surface area contributed by atoms with Gasteiger partial charge in [0.25, 0.3) is 5.91 Å². The lowest BCUT2D eigenvalue weighted by molar-refractivity contribution is -0.180. The molecule has 0 aliphatic carbocycles. The molecule has 2 aromatic heterocycles. The van der Waals surface area contributed by atoms with Crippen LogP contribution in [0.15, 0.2) is 48.5 Å². The first-order valence-electron chi connectivity index (χ1n) is 11.2. The summed E-state index contributed by atoms with van der Waals surface area (Å²) >= 11 is 0. The average molecular weight is 423 g/mol. The minimum Gasteiger partial charge on any atom is -0.377 e. The Kier molecular flexibility index (Phi) is 3.07. The van der Waals surface area contributed by atoms with Crippen LogP contribution in [0, 0.1) is 0 Å². The van der Waals surface area contributed by atoms with E-state index in [2.05, 4.69) is 63.0 Å². The maximum atomic E-state index is 13.2. The molecule has 3 aliphatic rings. The molecule has 1 saturated heterocycles. The SMILES string of the molecule is CO[C@@H]1CCC2OC1n1c3ccccc3c3c4c(c5c6ccccc6n2c5c31)C(=O)NC4. The largest absolute Gasteiger partial charge is 0.377 e. The van der Waals surface area contributed by atoms with Gasteiger partial charge in [-0.2, -0.15) is 0 Å². The van der Waals surface area contributed by atoms with Gasteiger partial charge in [-0.25, -0.2) is 0 Å². The molecule has 5 heterocycles. The van der Waals surface area contributed by atoms with E-state index in [1.807, 2.05) is 0 Å². The van der Waals surface area contributed by atoms with Crippen molar-refractivity contribution >= 4 is 49.5 Å². The van der Waals surface area contributed by atoms with E-state index in [9.17, 15) is 4.79 Å². The van der Waals surface area contributed by atoms with Crippen LogP contribution in [0.5, 0.6) is 0 Å². The van der Waals surface area contributed by atoms with E-state index < -0.39 is 0 Å². The normalized spacial score (nSPS) is 24.0. The molecule has 8 rings (SSSR count). The van der Waals surface area contributed by atoms with Gasteiger partial charge in [-0.05, 0) is 30.5 Å². The van der Waals surface area contributed by atoms with Gasteiger partial charge in [0, 0.05) is 35.2 Å². The number of aromatic nitrogens is 2. The molecule has 1 N–H and O–H groups in total. The molecule has 2 bridgehead atoms.